The van der Waals surface area contributed by atoms with E-state index in [-0.39, 0.29) is 0 Å². The molecule has 0 atom stereocenters. The lowest BCUT2D eigenvalue weighted by Gasteiger charge is -2.08. The van der Waals surface area contributed by atoms with Crippen molar-refractivity contribution in [1.82, 2.24) is 4.98 Å². The minimum Gasteiger partial charge on any atom is -0.431 e. The van der Waals surface area contributed by atoms with Crippen molar-refractivity contribution >= 4 is 17.0 Å². The van der Waals surface area contributed by atoms with E-state index in [4.69, 9.17) is 10.5 Å². The van der Waals surface area contributed by atoms with Crippen LogP contribution in [0.1, 0.15) is 5.56 Å². The highest BCUT2D eigenvalue weighted by Gasteiger charge is 2.05. The number of ether oxygens (including phenoxy) is 1. The molecule has 1 aromatic carbocycles. The molecule has 0 radical (unpaired) electrons. The van der Waals surface area contributed by atoms with Gasteiger partial charge in [-0.25, -0.2) is 4.98 Å². The number of allylic oxidation sites excluding steroid dienone is 1. The Bertz CT molecular complexity index is 480. The van der Waals surface area contributed by atoms with E-state index in [2.05, 4.69) is 11.6 Å². The van der Waals surface area contributed by atoms with E-state index < -0.39 is 0 Å². The second-order valence-corrected chi connectivity index (χ2v) is 4.12. The van der Waals surface area contributed by atoms with Gasteiger partial charge < -0.3 is 10.5 Å². The number of nitrogens with two attached hydrogens (primary N) is 1. The molecule has 0 bridgehead atoms. The number of benzene rings is 1. The first-order chi connectivity index (χ1) is 7.79. The molecule has 0 aliphatic rings. The average Bonchev–Trinajstić information content (AvgIpc) is 2.75. The number of hydrogen-bond donors (Lipinski definition) is 1. The van der Waals surface area contributed by atoms with Crippen molar-refractivity contribution in [3.63, 3.8) is 0 Å². The topological polar surface area (TPSA) is 48.1 Å². The van der Waals surface area contributed by atoms with E-state index in [0.29, 0.717) is 5.19 Å². The first-order valence-corrected chi connectivity index (χ1v) is 5.74. The van der Waals surface area contributed by atoms with E-state index in [1.54, 1.807) is 6.20 Å². The Morgan fingerprint density at radius 2 is 2.38 bits per heavy atom. The summed E-state index contributed by atoms with van der Waals surface area (Å²) in [5.41, 5.74) is 7.47. The third kappa shape index (κ3) is 2.41. The van der Waals surface area contributed by atoms with Crippen LogP contribution in [0.2, 0.25) is 0 Å². The van der Waals surface area contributed by atoms with Gasteiger partial charge in [0.2, 0.25) is 0 Å². The zero-order valence-electron chi connectivity index (χ0n) is 8.72. The Kier molecular flexibility index (Phi) is 3.22. The highest BCUT2D eigenvalue weighted by Crippen LogP contribution is 2.28. The molecular weight excluding hydrogens is 220 g/mol. The molecule has 0 spiro atoms. The van der Waals surface area contributed by atoms with E-state index in [1.165, 1.54) is 11.3 Å². The molecule has 2 N–H and O–H groups in total. The molecule has 3 nitrogen and oxygen atoms in total. The summed E-state index contributed by atoms with van der Waals surface area (Å²) >= 11 is 1.46. The maximum Gasteiger partial charge on any atom is 0.278 e. The molecule has 0 saturated carbocycles. The van der Waals surface area contributed by atoms with Gasteiger partial charge in [0.15, 0.2) is 0 Å². The fourth-order valence-electron chi connectivity index (χ4n) is 1.37. The van der Waals surface area contributed by atoms with Crippen LogP contribution in [-0.4, -0.2) is 4.98 Å². The number of anilines is 1. The van der Waals surface area contributed by atoms with Crippen molar-refractivity contribution in [3.8, 4) is 10.9 Å². The van der Waals surface area contributed by atoms with Gasteiger partial charge in [-0.3, -0.25) is 0 Å². The van der Waals surface area contributed by atoms with E-state index in [0.717, 1.165) is 23.4 Å². The van der Waals surface area contributed by atoms with Gasteiger partial charge in [0, 0.05) is 22.8 Å². The minimum atomic E-state index is 0.634. The molecular formula is C12H12N2OS. The molecule has 2 aromatic rings. The Labute approximate surface area is 98.2 Å². The molecule has 82 valence electrons. The normalized spacial score (nSPS) is 10.0. The fourth-order valence-corrected chi connectivity index (χ4v) is 1.87. The maximum atomic E-state index is 5.73. The summed E-state index contributed by atoms with van der Waals surface area (Å²) in [7, 11) is 0. The van der Waals surface area contributed by atoms with E-state index in [1.807, 2.05) is 29.7 Å². The van der Waals surface area contributed by atoms with Crippen LogP contribution in [0.15, 0.2) is 42.4 Å². The Morgan fingerprint density at radius 3 is 3.06 bits per heavy atom. The Morgan fingerprint density at radius 1 is 1.50 bits per heavy atom. The van der Waals surface area contributed by atoms with Gasteiger partial charge in [0.1, 0.15) is 5.75 Å². The quantitative estimate of drug-likeness (QED) is 0.650. The summed E-state index contributed by atoms with van der Waals surface area (Å²) in [6.45, 7) is 3.71. The van der Waals surface area contributed by atoms with Crippen molar-refractivity contribution in [1.29, 1.82) is 0 Å². The maximum absolute atomic E-state index is 5.73. The SMILES string of the molecule is C=CCc1cc(N)ccc1Oc1nccs1. The lowest BCUT2D eigenvalue weighted by molar-refractivity contribution is 0.474. The molecule has 2 rings (SSSR count). The van der Waals surface area contributed by atoms with Crippen LogP contribution in [0.3, 0.4) is 0 Å². The van der Waals surface area contributed by atoms with Crippen molar-refractivity contribution in [2.75, 3.05) is 5.73 Å². The largest absolute Gasteiger partial charge is 0.431 e. The van der Waals surface area contributed by atoms with Gasteiger partial charge in [-0.15, -0.1) is 6.58 Å². The summed E-state index contributed by atoms with van der Waals surface area (Å²) in [5.74, 6) is 0.782. The Balaban J connectivity index is 2.28. The number of hydrogen-bond acceptors (Lipinski definition) is 4. The van der Waals surface area contributed by atoms with Gasteiger partial charge in [-0.05, 0) is 24.6 Å². The molecule has 16 heavy (non-hydrogen) atoms. The molecule has 4 heteroatoms. The predicted molar refractivity (Wildman–Crippen MR) is 66.9 cm³/mol. The zero-order valence-corrected chi connectivity index (χ0v) is 9.54. The van der Waals surface area contributed by atoms with Crippen LogP contribution in [0.5, 0.6) is 10.9 Å². The first-order valence-electron chi connectivity index (χ1n) is 4.86. The third-order valence-corrected chi connectivity index (χ3v) is 2.70. The van der Waals surface area contributed by atoms with Gasteiger partial charge in [-0.2, -0.15) is 0 Å². The van der Waals surface area contributed by atoms with Crippen molar-refractivity contribution in [3.05, 3.63) is 48.0 Å². The second kappa shape index (κ2) is 4.81. The number of rotatable bonds is 4. The summed E-state index contributed by atoms with van der Waals surface area (Å²) in [4.78, 5) is 4.07. The number of nitrogens with zero attached hydrogens (tertiary/aromatic N) is 1. The van der Waals surface area contributed by atoms with Gasteiger partial charge >= 0.3 is 0 Å². The lowest BCUT2D eigenvalue weighted by Crippen LogP contribution is -1.93. The van der Waals surface area contributed by atoms with Crippen molar-refractivity contribution < 1.29 is 4.74 Å². The van der Waals surface area contributed by atoms with Crippen LogP contribution >= 0.6 is 11.3 Å². The summed E-state index contributed by atoms with van der Waals surface area (Å²) in [6.07, 6.45) is 4.26. The predicted octanol–water partition coefficient (Wildman–Crippen LogP) is 3.25. The lowest BCUT2D eigenvalue weighted by atomic mass is 10.1. The smallest absolute Gasteiger partial charge is 0.278 e. The molecule has 0 aliphatic heterocycles. The number of nitrogen functional groups attached to an aromatic ring is 1. The van der Waals surface area contributed by atoms with Crippen LogP contribution < -0.4 is 10.5 Å². The second-order valence-electron chi connectivity index (χ2n) is 3.26. The van der Waals surface area contributed by atoms with Crippen LogP contribution in [0.4, 0.5) is 5.69 Å². The van der Waals surface area contributed by atoms with Gasteiger partial charge in [-0.1, -0.05) is 17.4 Å². The van der Waals surface area contributed by atoms with Gasteiger partial charge in [0.25, 0.3) is 5.19 Å². The fraction of sp³-hybridized carbons (Fsp3) is 0.0833. The van der Waals surface area contributed by atoms with E-state index in [9.17, 15) is 0 Å². The third-order valence-electron chi connectivity index (χ3n) is 2.06. The molecule has 0 aliphatic carbocycles. The molecule has 0 unspecified atom stereocenters. The zero-order chi connectivity index (χ0) is 11.4. The monoisotopic (exact) mass is 232 g/mol. The van der Waals surface area contributed by atoms with Crippen molar-refractivity contribution in [2.24, 2.45) is 0 Å². The van der Waals surface area contributed by atoms with Crippen LogP contribution in [0, 0.1) is 0 Å². The van der Waals surface area contributed by atoms with Crippen LogP contribution in [0.25, 0.3) is 0 Å². The average molecular weight is 232 g/mol. The molecule has 0 amide bonds. The minimum absolute atomic E-state index is 0.634. The molecule has 0 saturated heterocycles. The molecule has 1 heterocycles. The standard InChI is InChI=1S/C12H12N2OS/c1-2-3-9-8-10(13)4-5-11(9)15-12-14-6-7-16-12/h2,4-8H,1,3,13H2. The van der Waals surface area contributed by atoms with E-state index >= 15 is 0 Å². The van der Waals surface area contributed by atoms with Crippen LogP contribution in [-0.2, 0) is 6.42 Å². The Hall–Kier alpha value is -1.81. The molecule has 0 fully saturated rings. The molecule has 1 aromatic heterocycles. The number of aromatic nitrogens is 1. The summed E-state index contributed by atoms with van der Waals surface area (Å²) in [5, 5.41) is 2.51. The van der Waals surface area contributed by atoms with Gasteiger partial charge in [0.05, 0.1) is 0 Å². The highest BCUT2D eigenvalue weighted by atomic mass is 32.1. The highest BCUT2D eigenvalue weighted by molar-refractivity contribution is 7.11. The number of thiazole rings is 1. The summed E-state index contributed by atoms with van der Waals surface area (Å²) < 4.78 is 5.66. The summed E-state index contributed by atoms with van der Waals surface area (Å²) in [6, 6.07) is 5.57. The first kappa shape index (κ1) is 10.7. The van der Waals surface area contributed by atoms with Crippen molar-refractivity contribution in [2.45, 2.75) is 6.42 Å².